The summed E-state index contributed by atoms with van der Waals surface area (Å²) >= 11 is 1.41. The van der Waals surface area contributed by atoms with Crippen LogP contribution in [0.4, 0.5) is 0 Å². The summed E-state index contributed by atoms with van der Waals surface area (Å²) < 4.78 is 1.06. The van der Waals surface area contributed by atoms with E-state index in [1.54, 1.807) is 0 Å². The summed E-state index contributed by atoms with van der Waals surface area (Å²) in [7, 11) is 0. The van der Waals surface area contributed by atoms with Gasteiger partial charge in [-0.3, -0.25) is 4.79 Å². The first kappa shape index (κ1) is 12.5. The van der Waals surface area contributed by atoms with Gasteiger partial charge in [0.05, 0.1) is 4.88 Å². The molecule has 1 heterocycles. The number of hydrogen-bond donors (Lipinski definition) is 0. The van der Waals surface area contributed by atoms with Crippen LogP contribution < -0.4 is 34.7 Å². The molecule has 1 aromatic heterocycles. The number of allylic oxidation sites excluding steroid dienone is 1. The zero-order valence-corrected chi connectivity index (χ0v) is 11.1. The number of hydrogen-bond acceptors (Lipinski definition) is 3. The van der Waals surface area contributed by atoms with Gasteiger partial charge in [-0.05, 0) is 23.6 Å². The number of rotatable bonds is 2. The van der Waals surface area contributed by atoms with Crippen LogP contribution in [-0.4, -0.2) is 5.78 Å². The van der Waals surface area contributed by atoms with Crippen molar-refractivity contribution in [1.29, 1.82) is 0 Å². The van der Waals surface area contributed by atoms with E-state index < -0.39 is 0 Å². The molecule has 0 aliphatic carbocycles. The predicted octanol–water partition coefficient (Wildman–Crippen LogP) is -1.04. The molecular weight excluding hydrogens is 219 g/mol. The molecule has 0 unspecified atom stereocenters. The first-order valence-corrected chi connectivity index (χ1v) is 4.94. The number of carbonyl (C=O) groups is 1. The van der Waals surface area contributed by atoms with Crippen molar-refractivity contribution in [3.63, 3.8) is 0 Å². The summed E-state index contributed by atoms with van der Waals surface area (Å²) in [5, 5.41) is 11.2. The van der Waals surface area contributed by atoms with Gasteiger partial charge in [-0.25, -0.2) is 0 Å². The molecule has 0 aliphatic rings. The Morgan fingerprint density at radius 3 is 2.73 bits per heavy atom. The van der Waals surface area contributed by atoms with Gasteiger partial charge in [0.1, 0.15) is 0 Å². The van der Waals surface area contributed by atoms with Gasteiger partial charge >= 0.3 is 29.6 Å². The van der Waals surface area contributed by atoms with Crippen LogP contribution in [-0.2, 0) is 0 Å². The molecule has 0 atom stereocenters. The summed E-state index contributed by atoms with van der Waals surface area (Å²) in [5.74, 6) is -0.221. The number of fused-ring (bicyclic) bond motifs is 1. The van der Waals surface area contributed by atoms with Gasteiger partial charge in [0, 0.05) is 4.70 Å². The topological polar surface area (TPSA) is 40.1 Å². The first-order valence-electron chi connectivity index (χ1n) is 4.12. The third-order valence-electron chi connectivity index (χ3n) is 1.89. The maximum absolute atomic E-state index is 11.3. The number of ketones is 1. The second kappa shape index (κ2) is 5.47. The Labute approximate surface area is 114 Å². The molecule has 0 aliphatic heterocycles. The maximum Gasteiger partial charge on any atom is 1.00 e. The Morgan fingerprint density at radius 1 is 1.33 bits per heavy atom. The summed E-state index contributed by atoms with van der Waals surface area (Å²) in [6.45, 7) is 0. The zero-order valence-electron chi connectivity index (χ0n) is 8.27. The fraction of sp³-hybridized carbons (Fsp3) is 0. The Morgan fingerprint density at radius 2 is 2.07 bits per heavy atom. The first-order chi connectivity index (χ1) is 6.81. The van der Waals surface area contributed by atoms with Gasteiger partial charge < -0.3 is 5.11 Å². The van der Waals surface area contributed by atoms with E-state index in [0.29, 0.717) is 11.1 Å². The molecule has 0 N–H and O–H groups in total. The third kappa shape index (κ3) is 2.69. The van der Waals surface area contributed by atoms with E-state index in [-0.39, 0.29) is 35.3 Å². The van der Waals surface area contributed by atoms with E-state index in [1.807, 2.05) is 30.3 Å². The van der Waals surface area contributed by atoms with Gasteiger partial charge in [-0.2, -0.15) is 0 Å². The van der Waals surface area contributed by atoms with Crippen molar-refractivity contribution in [2.45, 2.75) is 0 Å². The van der Waals surface area contributed by atoms with Crippen LogP contribution >= 0.6 is 11.3 Å². The molecule has 2 nitrogen and oxygen atoms in total. The van der Waals surface area contributed by atoms with E-state index in [2.05, 4.69) is 0 Å². The second-order valence-electron chi connectivity index (χ2n) is 2.82. The second-order valence-corrected chi connectivity index (χ2v) is 3.90. The largest absolute Gasteiger partial charge is 1.00 e. The van der Waals surface area contributed by atoms with Crippen LogP contribution in [0.15, 0.2) is 42.7 Å². The van der Waals surface area contributed by atoms with E-state index in [9.17, 15) is 9.90 Å². The molecule has 4 heteroatoms. The van der Waals surface area contributed by atoms with Crippen LogP contribution in [0.5, 0.6) is 0 Å². The van der Waals surface area contributed by atoms with Crippen molar-refractivity contribution in [3.05, 3.63) is 47.5 Å². The molecule has 0 spiro atoms. The van der Waals surface area contributed by atoms with Crippen LogP contribution in [0, 0.1) is 0 Å². The minimum atomic E-state index is -0.221. The Hall–Kier alpha value is -0.610. The maximum atomic E-state index is 11.3. The fourth-order valence-corrected chi connectivity index (χ4v) is 2.23. The van der Waals surface area contributed by atoms with Crippen LogP contribution in [0.2, 0.25) is 0 Å². The molecule has 1 aromatic carbocycles. The number of thiophene rings is 1. The molecular formula is C11H7NaO2S. The van der Waals surface area contributed by atoms with Gasteiger partial charge in [0.25, 0.3) is 0 Å². The van der Waals surface area contributed by atoms with Crippen LogP contribution in [0.1, 0.15) is 9.67 Å². The Balaban J connectivity index is 0.00000112. The zero-order chi connectivity index (χ0) is 9.97. The van der Waals surface area contributed by atoms with Crippen molar-refractivity contribution in [2.24, 2.45) is 0 Å². The van der Waals surface area contributed by atoms with Crippen molar-refractivity contribution in [1.82, 2.24) is 0 Å². The molecule has 0 amide bonds. The number of carbonyl (C=O) groups excluding carboxylic acids is 1. The van der Waals surface area contributed by atoms with Crippen molar-refractivity contribution >= 4 is 27.2 Å². The minimum Gasteiger partial charge on any atom is -0.878 e. The molecule has 0 saturated carbocycles. The average Bonchev–Trinajstić information content (AvgIpc) is 2.61. The Bertz CT molecular complexity index is 469. The molecule has 0 bridgehead atoms. The van der Waals surface area contributed by atoms with E-state index in [4.69, 9.17) is 0 Å². The van der Waals surface area contributed by atoms with Crippen LogP contribution in [0.3, 0.4) is 0 Å². The van der Waals surface area contributed by atoms with Crippen molar-refractivity contribution < 1.29 is 39.5 Å². The normalized spacial score (nSPS) is 10.4. The quantitative estimate of drug-likeness (QED) is 0.284. The predicted molar refractivity (Wildman–Crippen MR) is 55.3 cm³/mol. The van der Waals surface area contributed by atoms with Gasteiger partial charge in [0.15, 0.2) is 5.78 Å². The molecule has 0 radical (unpaired) electrons. The smallest absolute Gasteiger partial charge is 0.878 e. The molecule has 0 fully saturated rings. The van der Waals surface area contributed by atoms with Gasteiger partial charge in [-0.1, -0.05) is 18.2 Å². The summed E-state index contributed by atoms with van der Waals surface area (Å²) in [5.41, 5.74) is 0. The molecule has 2 rings (SSSR count). The molecule has 15 heavy (non-hydrogen) atoms. The molecule has 70 valence electrons. The van der Waals surface area contributed by atoms with Crippen molar-refractivity contribution in [2.75, 3.05) is 0 Å². The standard InChI is InChI=1S/C11H8O2S.Na/c12-6-5-9(13)11-7-8-3-1-2-4-10(8)14-11;/h1-7,12H;/q;+1/p-1/b6-5+;. The summed E-state index contributed by atoms with van der Waals surface area (Å²) in [6, 6.07) is 9.56. The van der Waals surface area contributed by atoms with Gasteiger partial charge in [0.2, 0.25) is 0 Å². The monoisotopic (exact) mass is 226 g/mol. The summed E-state index contributed by atoms with van der Waals surface area (Å²) in [6.07, 6.45) is 1.57. The summed E-state index contributed by atoms with van der Waals surface area (Å²) in [4.78, 5) is 11.9. The van der Waals surface area contributed by atoms with E-state index in [1.165, 1.54) is 11.3 Å². The average molecular weight is 226 g/mol. The van der Waals surface area contributed by atoms with Gasteiger partial charge in [-0.15, -0.1) is 17.6 Å². The van der Waals surface area contributed by atoms with Crippen LogP contribution in [0.25, 0.3) is 10.1 Å². The number of benzene rings is 1. The SMILES string of the molecule is O=C(/C=C/[O-])c1cc2ccccc2s1.[Na+]. The molecule has 0 saturated heterocycles. The molecule has 2 aromatic rings. The van der Waals surface area contributed by atoms with Crippen molar-refractivity contribution in [3.8, 4) is 0 Å². The minimum absolute atomic E-state index is 0. The third-order valence-corrected chi connectivity index (χ3v) is 3.02. The van der Waals surface area contributed by atoms with E-state index in [0.717, 1.165) is 16.2 Å². The van der Waals surface area contributed by atoms with E-state index >= 15 is 0 Å². The Kier molecular flexibility index (Phi) is 4.54. The fourth-order valence-electron chi connectivity index (χ4n) is 1.25.